The van der Waals surface area contributed by atoms with Gasteiger partial charge in [0.15, 0.2) is 12.4 Å². The first kappa shape index (κ1) is 14.2. The van der Waals surface area contributed by atoms with Gasteiger partial charge in [0, 0.05) is 18.7 Å². The lowest BCUT2D eigenvalue weighted by atomic mass is 10.1. The SMILES string of the molecule is CC(=O)c1cccc(OCC(=O)N(C)C(C)C)c1. The fourth-order valence-corrected chi connectivity index (χ4v) is 1.34. The summed E-state index contributed by atoms with van der Waals surface area (Å²) < 4.78 is 5.39. The quantitative estimate of drug-likeness (QED) is 0.751. The van der Waals surface area contributed by atoms with Crippen molar-refractivity contribution in [2.24, 2.45) is 0 Å². The van der Waals surface area contributed by atoms with Crippen molar-refractivity contribution < 1.29 is 14.3 Å². The van der Waals surface area contributed by atoms with Crippen molar-refractivity contribution in [2.75, 3.05) is 13.7 Å². The van der Waals surface area contributed by atoms with Crippen LogP contribution in [0.15, 0.2) is 24.3 Å². The Kier molecular flexibility index (Phi) is 4.89. The molecule has 0 radical (unpaired) electrons. The number of amides is 1. The van der Waals surface area contributed by atoms with Crippen molar-refractivity contribution in [1.29, 1.82) is 0 Å². The second kappa shape index (κ2) is 6.19. The summed E-state index contributed by atoms with van der Waals surface area (Å²) in [5, 5.41) is 0. The first-order valence-corrected chi connectivity index (χ1v) is 5.91. The van der Waals surface area contributed by atoms with Crippen LogP contribution >= 0.6 is 0 Å². The number of ketones is 1. The molecule has 0 heterocycles. The maximum atomic E-state index is 11.7. The van der Waals surface area contributed by atoms with Crippen LogP contribution in [0.25, 0.3) is 0 Å². The molecule has 1 amide bonds. The molecular formula is C14H19NO3. The molecule has 0 N–H and O–H groups in total. The molecule has 1 aromatic rings. The van der Waals surface area contributed by atoms with Crippen LogP contribution in [0, 0.1) is 0 Å². The zero-order valence-corrected chi connectivity index (χ0v) is 11.3. The molecule has 1 rings (SSSR count). The van der Waals surface area contributed by atoms with Gasteiger partial charge in [-0.2, -0.15) is 0 Å². The fourth-order valence-electron chi connectivity index (χ4n) is 1.34. The molecule has 0 unspecified atom stereocenters. The summed E-state index contributed by atoms with van der Waals surface area (Å²) in [5.41, 5.74) is 0.581. The Labute approximate surface area is 108 Å². The second-order valence-corrected chi connectivity index (χ2v) is 4.47. The van der Waals surface area contributed by atoms with Crippen molar-refractivity contribution in [1.82, 2.24) is 4.90 Å². The summed E-state index contributed by atoms with van der Waals surface area (Å²) in [5.74, 6) is 0.428. The van der Waals surface area contributed by atoms with Crippen LogP contribution in [0.5, 0.6) is 5.75 Å². The Morgan fingerprint density at radius 1 is 1.33 bits per heavy atom. The van der Waals surface area contributed by atoms with Gasteiger partial charge in [-0.1, -0.05) is 12.1 Å². The summed E-state index contributed by atoms with van der Waals surface area (Å²) in [7, 11) is 1.74. The van der Waals surface area contributed by atoms with Gasteiger partial charge >= 0.3 is 0 Å². The predicted octanol–water partition coefficient (Wildman–Crippen LogP) is 2.13. The number of rotatable bonds is 5. The summed E-state index contributed by atoms with van der Waals surface area (Å²) in [4.78, 5) is 24.5. The fraction of sp³-hybridized carbons (Fsp3) is 0.429. The van der Waals surface area contributed by atoms with Gasteiger partial charge in [0.25, 0.3) is 5.91 Å². The maximum absolute atomic E-state index is 11.7. The molecule has 0 aromatic heterocycles. The maximum Gasteiger partial charge on any atom is 0.260 e. The van der Waals surface area contributed by atoms with E-state index in [2.05, 4.69) is 0 Å². The molecule has 0 aliphatic heterocycles. The molecule has 4 nitrogen and oxygen atoms in total. The molecular weight excluding hydrogens is 230 g/mol. The van der Waals surface area contributed by atoms with Gasteiger partial charge in [-0.25, -0.2) is 0 Å². The van der Waals surface area contributed by atoms with Crippen LogP contribution in [0.1, 0.15) is 31.1 Å². The van der Waals surface area contributed by atoms with Crippen molar-refractivity contribution in [2.45, 2.75) is 26.8 Å². The third-order valence-corrected chi connectivity index (χ3v) is 2.77. The number of likely N-dealkylation sites (N-methyl/N-ethyl adjacent to an activating group) is 1. The topological polar surface area (TPSA) is 46.6 Å². The number of nitrogens with zero attached hydrogens (tertiary/aromatic N) is 1. The van der Waals surface area contributed by atoms with E-state index in [4.69, 9.17) is 4.74 Å². The largest absolute Gasteiger partial charge is 0.484 e. The van der Waals surface area contributed by atoms with Crippen molar-refractivity contribution >= 4 is 11.7 Å². The number of hydrogen-bond acceptors (Lipinski definition) is 3. The molecule has 0 spiro atoms. The second-order valence-electron chi connectivity index (χ2n) is 4.47. The van der Waals surface area contributed by atoms with Gasteiger partial charge < -0.3 is 9.64 Å². The molecule has 0 fully saturated rings. The first-order valence-electron chi connectivity index (χ1n) is 5.91. The molecule has 4 heteroatoms. The minimum Gasteiger partial charge on any atom is -0.484 e. The standard InChI is InChI=1S/C14H19NO3/c1-10(2)15(4)14(17)9-18-13-7-5-6-12(8-13)11(3)16/h5-8,10H,9H2,1-4H3. The van der Waals surface area contributed by atoms with Crippen LogP contribution < -0.4 is 4.74 Å². The van der Waals surface area contributed by atoms with Crippen molar-refractivity contribution in [3.63, 3.8) is 0 Å². The molecule has 0 aliphatic rings. The highest BCUT2D eigenvalue weighted by atomic mass is 16.5. The third-order valence-electron chi connectivity index (χ3n) is 2.77. The van der Waals surface area contributed by atoms with Gasteiger partial charge in [-0.3, -0.25) is 9.59 Å². The zero-order valence-electron chi connectivity index (χ0n) is 11.3. The van der Waals surface area contributed by atoms with Crippen molar-refractivity contribution in [3.05, 3.63) is 29.8 Å². The Bertz CT molecular complexity index is 440. The van der Waals surface area contributed by atoms with Crippen LogP contribution in [-0.4, -0.2) is 36.3 Å². The van der Waals surface area contributed by atoms with E-state index < -0.39 is 0 Å². The Morgan fingerprint density at radius 3 is 2.56 bits per heavy atom. The minimum absolute atomic E-state index is 0.0178. The first-order chi connectivity index (χ1) is 8.41. The van der Waals surface area contributed by atoms with Crippen molar-refractivity contribution in [3.8, 4) is 5.75 Å². The molecule has 0 saturated carbocycles. The minimum atomic E-state index is -0.0850. The number of carbonyl (C=O) groups is 2. The molecule has 0 bridgehead atoms. The summed E-state index contributed by atoms with van der Waals surface area (Å²) in [6.07, 6.45) is 0. The summed E-state index contributed by atoms with van der Waals surface area (Å²) >= 11 is 0. The Balaban J connectivity index is 2.61. The average Bonchev–Trinajstić information content (AvgIpc) is 2.35. The van der Waals surface area contributed by atoms with E-state index >= 15 is 0 Å². The van der Waals surface area contributed by atoms with Gasteiger partial charge in [0.1, 0.15) is 5.75 Å². The number of benzene rings is 1. The van der Waals surface area contributed by atoms with Crippen LogP contribution in [-0.2, 0) is 4.79 Å². The van der Waals surface area contributed by atoms with Gasteiger partial charge in [0.2, 0.25) is 0 Å². The predicted molar refractivity (Wildman–Crippen MR) is 69.8 cm³/mol. The monoisotopic (exact) mass is 249 g/mol. The van der Waals surface area contributed by atoms with Gasteiger partial charge in [-0.05, 0) is 32.9 Å². The number of Topliss-reactive ketones (excluding diaryl/α,β-unsaturated/α-hetero) is 1. The highest BCUT2D eigenvalue weighted by Gasteiger charge is 2.12. The smallest absolute Gasteiger partial charge is 0.260 e. The van der Waals surface area contributed by atoms with E-state index in [-0.39, 0.29) is 24.3 Å². The summed E-state index contributed by atoms with van der Waals surface area (Å²) in [6.45, 7) is 5.36. The van der Waals surface area contributed by atoms with E-state index in [0.29, 0.717) is 11.3 Å². The van der Waals surface area contributed by atoms with E-state index in [0.717, 1.165) is 0 Å². The highest BCUT2D eigenvalue weighted by molar-refractivity contribution is 5.94. The van der Waals surface area contributed by atoms with Crippen LogP contribution in [0.3, 0.4) is 0 Å². The highest BCUT2D eigenvalue weighted by Crippen LogP contribution is 2.13. The van der Waals surface area contributed by atoms with Gasteiger partial charge in [-0.15, -0.1) is 0 Å². The number of carbonyl (C=O) groups excluding carboxylic acids is 2. The van der Waals surface area contributed by atoms with E-state index in [1.807, 2.05) is 13.8 Å². The van der Waals surface area contributed by atoms with E-state index in [9.17, 15) is 9.59 Å². The number of hydrogen-bond donors (Lipinski definition) is 0. The van der Waals surface area contributed by atoms with Gasteiger partial charge in [0.05, 0.1) is 0 Å². The van der Waals surface area contributed by atoms with Crippen LogP contribution in [0.4, 0.5) is 0 Å². The zero-order chi connectivity index (χ0) is 13.7. The lowest BCUT2D eigenvalue weighted by molar-refractivity contribution is -0.133. The Hall–Kier alpha value is -1.84. The average molecular weight is 249 g/mol. The molecule has 1 aromatic carbocycles. The molecule has 98 valence electrons. The van der Waals surface area contributed by atoms with E-state index in [1.54, 1.807) is 36.2 Å². The van der Waals surface area contributed by atoms with Crippen LogP contribution in [0.2, 0.25) is 0 Å². The molecule has 0 atom stereocenters. The lowest BCUT2D eigenvalue weighted by Gasteiger charge is -2.21. The molecule has 0 saturated heterocycles. The number of ether oxygens (including phenoxy) is 1. The third kappa shape index (κ3) is 3.87. The lowest BCUT2D eigenvalue weighted by Crippen LogP contribution is -2.36. The van der Waals surface area contributed by atoms with E-state index in [1.165, 1.54) is 6.92 Å². The molecule has 0 aliphatic carbocycles. The normalized spacial score (nSPS) is 10.3. The summed E-state index contributed by atoms with van der Waals surface area (Å²) in [6, 6.07) is 6.98. The Morgan fingerprint density at radius 2 is 2.00 bits per heavy atom. The molecule has 18 heavy (non-hydrogen) atoms.